The molecule has 2 aromatic rings. The Morgan fingerprint density at radius 2 is 2.23 bits per heavy atom. The van der Waals surface area contributed by atoms with E-state index in [9.17, 15) is 0 Å². The van der Waals surface area contributed by atoms with Crippen molar-refractivity contribution in [1.82, 2.24) is 9.94 Å². The molecule has 13 heavy (non-hydrogen) atoms. The minimum Gasteiger partial charge on any atom is -0.396 e. The van der Waals surface area contributed by atoms with Gasteiger partial charge in [0.05, 0.1) is 6.20 Å². The highest BCUT2D eigenvalue weighted by Gasteiger charge is 2.00. The van der Waals surface area contributed by atoms with E-state index in [1.165, 1.54) is 0 Å². The van der Waals surface area contributed by atoms with E-state index in [-0.39, 0.29) is 0 Å². The lowest BCUT2D eigenvalue weighted by Crippen LogP contribution is -2.13. The second-order valence-electron chi connectivity index (χ2n) is 2.91. The van der Waals surface area contributed by atoms with E-state index < -0.39 is 0 Å². The second-order valence-corrected chi connectivity index (χ2v) is 2.91. The summed E-state index contributed by atoms with van der Waals surface area (Å²) in [6.45, 7) is 2.78. The monoisotopic (exact) mass is 176 g/mol. The van der Waals surface area contributed by atoms with Crippen LogP contribution in [0.3, 0.4) is 0 Å². The maximum atomic E-state index is 5.41. The standard InChI is InChI=1S/C10H12N2O/c1-2-7-13-12-10-6-4-3-5-9(10)8-11-12/h3-6,8H,2,7H2,1H3. The number of para-hydroxylation sites is 1. The van der Waals surface area contributed by atoms with Crippen molar-refractivity contribution in [2.45, 2.75) is 13.3 Å². The number of rotatable bonds is 3. The van der Waals surface area contributed by atoms with Crippen molar-refractivity contribution in [2.75, 3.05) is 6.61 Å². The number of aromatic nitrogens is 2. The maximum Gasteiger partial charge on any atom is 0.116 e. The zero-order valence-corrected chi connectivity index (χ0v) is 7.60. The molecule has 0 fully saturated rings. The summed E-state index contributed by atoms with van der Waals surface area (Å²) in [5.74, 6) is 0. The number of nitrogens with zero attached hydrogens (tertiary/aromatic N) is 2. The lowest BCUT2D eigenvalue weighted by Gasteiger charge is -2.03. The summed E-state index contributed by atoms with van der Waals surface area (Å²) < 4.78 is 0. The molecule has 2 rings (SSSR count). The van der Waals surface area contributed by atoms with Crippen LogP contribution in [-0.2, 0) is 0 Å². The Balaban J connectivity index is 2.35. The highest BCUT2D eigenvalue weighted by atomic mass is 16.7. The smallest absolute Gasteiger partial charge is 0.116 e. The first-order chi connectivity index (χ1) is 6.42. The molecule has 68 valence electrons. The van der Waals surface area contributed by atoms with E-state index in [0.29, 0.717) is 6.61 Å². The molecule has 3 nitrogen and oxygen atoms in total. The lowest BCUT2D eigenvalue weighted by atomic mass is 10.3. The molecule has 0 spiro atoms. The highest BCUT2D eigenvalue weighted by molar-refractivity contribution is 5.77. The summed E-state index contributed by atoms with van der Waals surface area (Å²) in [4.78, 5) is 7.00. The van der Waals surface area contributed by atoms with Gasteiger partial charge in [0.25, 0.3) is 0 Å². The van der Waals surface area contributed by atoms with Gasteiger partial charge in [-0.1, -0.05) is 30.0 Å². The highest BCUT2D eigenvalue weighted by Crippen LogP contribution is 2.10. The molecule has 0 bridgehead atoms. The van der Waals surface area contributed by atoms with Crippen molar-refractivity contribution >= 4 is 10.9 Å². The molecule has 0 aliphatic heterocycles. The SMILES string of the molecule is CCCOn1ncc2ccccc21. The van der Waals surface area contributed by atoms with Crippen molar-refractivity contribution in [3.8, 4) is 0 Å². The van der Waals surface area contributed by atoms with Crippen LogP contribution in [0.4, 0.5) is 0 Å². The molecule has 0 N–H and O–H groups in total. The zero-order chi connectivity index (χ0) is 9.10. The van der Waals surface area contributed by atoms with Gasteiger partial charge in [-0.05, 0) is 12.5 Å². The van der Waals surface area contributed by atoms with Crippen LogP contribution in [0, 0.1) is 0 Å². The molecule has 1 aromatic heterocycles. The maximum absolute atomic E-state index is 5.41. The first kappa shape index (κ1) is 8.10. The molecule has 0 atom stereocenters. The minimum absolute atomic E-state index is 0.700. The summed E-state index contributed by atoms with van der Waals surface area (Å²) >= 11 is 0. The average Bonchev–Trinajstić information content (AvgIpc) is 2.58. The summed E-state index contributed by atoms with van der Waals surface area (Å²) in [6, 6.07) is 8.00. The molecule has 3 heteroatoms. The van der Waals surface area contributed by atoms with Gasteiger partial charge in [-0.2, -0.15) is 0 Å². The van der Waals surface area contributed by atoms with Gasteiger partial charge in [-0.3, -0.25) is 0 Å². The minimum atomic E-state index is 0.700. The predicted molar refractivity (Wildman–Crippen MR) is 51.5 cm³/mol. The van der Waals surface area contributed by atoms with Gasteiger partial charge < -0.3 is 4.84 Å². The summed E-state index contributed by atoms with van der Waals surface area (Å²) in [5.41, 5.74) is 1.02. The van der Waals surface area contributed by atoms with Crippen molar-refractivity contribution < 1.29 is 4.84 Å². The van der Waals surface area contributed by atoms with Crippen LogP contribution in [0.1, 0.15) is 13.3 Å². The third-order valence-corrected chi connectivity index (χ3v) is 1.86. The molecule has 0 saturated heterocycles. The Morgan fingerprint density at radius 3 is 3.08 bits per heavy atom. The number of hydrogen-bond donors (Lipinski definition) is 0. The van der Waals surface area contributed by atoms with Crippen molar-refractivity contribution in [1.29, 1.82) is 0 Å². The van der Waals surface area contributed by atoms with Crippen LogP contribution >= 0.6 is 0 Å². The van der Waals surface area contributed by atoms with E-state index in [4.69, 9.17) is 4.84 Å². The predicted octanol–water partition coefficient (Wildman–Crippen LogP) is 1.87. The largest absolute Gasteiger partial charge is 0.396 e. The Bertz CT molecular complexity index is 394. The third kappa shape index (κ3) is 1.49. The van der Waals surface area contributed by atoms with E-state index in [2.05, 4.69) is 12.0 Å². The fraction of sp³-hybridized carbons (Fsp3) is 0.300. The van der Waals surface area contributed by atoms with E-state index in [1.807, 2.05) is 30.5 Å². The Hall–Kier alpha value is -1.51. The normalized spacial score (nSPS) is 10.5. The quantitative estimate of drug-likeness (QED) is 0.713. The fourth-order valence-electron chi connectivity index (χ4n) is 1.23. The van der Waals surface area contributed by atoms with Gasteiger partial charge in [-0.15, -0.1) is 5.10 Å². The Morgan fingerprint density at radius 1 is 1.38 bits per heavy atom. The molecule has 1 heterocycles. The summed E-state index contributed by atoms with van der Waals surface area (Å²) in [6.07, 6.45) is 2.80. The Labute approximate surface area is 76.9 Å². The van der Waals surface area contributed by atoms with Crippen LogP contribution in [0.25, 0.3) is 10.9 Å². The zero-order valence-electron chi connectivity index (χ0n) is 7.60. The van der Waals surface area contributed by atoms with Crippen molar-refractivity contribution in [2.24, 2.45) is 0 Å². The van der Waals surface area contributed by atoms with E-state index >= 15 is 0 Å². The molecule has 0 aliphatic carbocycles. The molecule has 0 unspecified atom stereocenters. The van der Waals surface area contributed by atoms with Gasteiger partial charge >= 0.3 is 0 Å². The summed E-state index contributed by atoms with van der Waals surface area (Å²) in [7, 11) is 0. The van der Waals surface area contributed by atoms with Crippen LogP contribution < -0.4 is 4.84 Å². The van der Waals surface area contributed by atoms with Crippen LogP contribution in [-0.4, -0.2) is 16.6 Å². The molecule has 0 aliphatic rings. The number of fused-ring (bicyclic) bond motifs is 1. The number of benzene rings is 1. The van der Waals surface area contributed by atoms with Gasteiger partial charge in [0.15, 0.2) is 0 Å². The van der Waals surface area contributed by atoms with Gasteiger partial charge in [0.2, 0.25) is 0 Å². The topological polar surface area (TPSA) is 27.1 Å². The van der Waals surface area contributed by atoms with E-state index in [1.54, 1.807) is 4.85 Å². The molecular weight excluding hydrogens is 164 g/mol. The van der Waals surface area contributed by atoms with Gasteiger partial charge in [0, 0.05) is 5.39 Å². The average molecular weight is 176 g/mol. The molecule has 0 amide bonds. The Kier molecular flexibility index (Phi) is 2.17. The van der Waals surface area contributed by atoms with Crippen LogP contribution in [0.15, 0.2) is 30.5 Å². The molecular formula is C10H12N2O. The van der Waals surface area contributed by atoms with Crippen molar-refractivity contribution in [3.05, 3.63) is 30.5 Å². The van der Waals surface area contributed by atoms with Crippen LogP contribution in [0.5, 0.6) is 0 Å². The van der Waals surface area contributed by atoms with Crippen molar-refractivity contribution in [3.63, 3.8) is 0 Å². The van der Waals surface area contributed by atoms with E-state index in [0.717, 1.165) is 17.3 Å². The first-order valence-electron chi connectivity index (χ1n) is 4.48. The van der Waals surface area contributed by atoms with Gasteiger partial charge in [-0.25, -0.2) is 0 Å². The van der Waals surface area contributed by atoms with Crippen LogP contribution in [0.2, 0.25) is 0 Å². The fourth-order valence-corrected chi connectivity index (χ4v) is 1.23. The number of hydrogen-bond acceptors (Lipinski definition) is 2. The first-order valence-corrected chi connectivity index (χ1v) is 4.48. The summed E-state index contributed by atoms with van der Waals surface area (Å²) in [5, 5.41) is 5.24. The van der Waals surface area contributed by atoms with Gasteiger partial charge in [0.1, 0.15) is 12.1 Å². The third-order valence-electron chi connectivity index (χ3n) is 1.86. The second kappa shape index (κ2) is 3.47. The molecule has 1 aromatic carbocycles. The lowest BCUT2D eigenvalue weighted by molar-refractivity contribution is 0.0924. The molecule has 0 saturated carbocycles. The molecule has 0 radical (unpaired) electrons.